The molecule has 0 aliphatic rings. The van der Waals surface area contributed by atoms with Gasteiger partial charge >= 0.3 is 18.1 Å². The highest BCUT2D eigenvalue weighted by Gasteiger charge is 2.22. The van der Waals surface area contributed by atoms with Crippen LogP contribution < -0.4 is 16.0 Å². The second kappa shape index (κ2) is 12.0. The van der Waals surface area contributed by atoms with Crippen molar-refractivity contribution in [1.29, 1.82) is 0 Å². The van der Waals surface area contributed by atoms with Gasteiger partial charge in [0.25, 0.3) is 0 Å². The first-order chi connectivity index (χ1) is 12.9. The molecule has 3 N–H and O–H groups in total. The minimum Gasteiger partial charge on any atom is -0.466 e. The molecule has 0 fully saturated rings. The molecule has 0 rings (SSSR count). The Morgan fingerprint density at radius 1 is 1.11 bits per heavy atom. The number of nitrogens with one attached hydrogen (secondary N) is 3. The molecular weight excluding hydrogens is 366 g/mol. The lowest BCUT2D eigenvalue weighted by Crippen LogP contribution is -2.49. The Bertz CT molecular complexity index is 593. The van der Waals surface area contributed by atoms with Gasteiger partial charge in [-0.2, -0.15) is 0 Å². The van der Waals surface area contributed by atoms with Crippen LogP contribution in [0.2, 0.25) is 0 Å². The van der Waals surface area contributed by atoms with E-state index >= 15 is 0 Å². The maximum atomic E-state index is 12.0. The molecule has 0 heterocycles. The first-order valence-corrected chi connectivity index (χ1v) is 9.25. The molecule has 1 atom stereocenters. The van der Waals surface area contributed by atoms with E-state index < -0.39 is 23.7 Å². The summed E-state index contributed by atoms with van der Waals surface area (Å²) in [4.78, 5) is 47.0. The molecule has 0 aliphatic carbocycles. The number of hydrogen-bond acceptors (Lipinski definition) is 6. The van der Waals surface area contributed by atoms with Crippen LogP contribution in [0.3, 0.4) is 0 Å². The average molecular weight is 399 g/mol. The van der Waals surface area contributed by atoms with Gasteiger partial charge in [0.1, 0.15) is 5.60 Å². The van der Waals surface area contributed by atoms with E-state index in [-0.39, 0.29) is 42.9 Å². The minimum absolute atomic E-state index is 0.0416. The molecule has 0 spiro atoms. The fourth-order valence-corrected chi connectivity index (χ4v) is 1.96. The number of alkyl carbamates (subject to hydrolysis) is 1. The number of carbonyl (C=O) groups is 4. The van der Waals surface area contributed by atoms with Crippen LogP contribution in [0.25, 0.3) is 0 Å². The highest BCUT2D eigenvalue weighted by atomic mass is 16.6. The van der Waals surface area contributed by atoms with Gasteiger partial charge in [-0.25, -0.2) is 9.59 Å². The Kier molecular flexibility index (Phi) is 10.9. The maximum Gasteiger partial charge on any atom is 0.407 e. The van der Waals surface area contributed by atoms with Gasteiger partial charge in [-0.1, -0.05) is 13.8 Å². The number of ether oxygens (including phenoxy) is 2. The zero-order valence-corrected chi connectivity index (χ0v) is 17.8. The zero-order valence-electron chi connectivity index (χ0n) is 17.8. The molecule has 0 aromatic carbocycles. The molecule has 3 amide bonds. The topological polar surface area (TPSA) is 123 Å². The van der Waals surface area contributed by atoms with Crippen LogP contribution in [0.4, 0.5) is 9.59 Å². The van der Waals surface area contributed by atoms with Gasteiger partial charge in [0.05, 0.1) is 19.1 Å². The summed E-state index contributed by atoms with van der Waals surface area (Å²) in [5.74, 6) is -0.854. The van der Waals surface area contributed by atoms with E-state index in [1.165, 1.54) is 13.1 Å². The van der Waals surface area contributed by atoms with Crippen molar-refractivity contribution in [1.82, 2.24) is 16.0 Å². The van der Waals surface area contributed by atoms with Crippen molar-refractivity contribution >= 4 is 23.9 Å². The third-order valence-corrected chi connectivity index (χ3v) is 3.46. The van der Waals surface area contributed by atoms with E-state index in [2.05, 4.69) is 16.0 Å². The zero-order chi connectivity index (χ0) is 21.9. The predicted octanol–water partition coefficient (Wildman–Crippen LogP) is 2.26. The van der Waals surface area contributed by atoms with Crippen LogP contribution >= 0.6 is 0 Å². The summed E-state index contributed by atoms with van der Waals surface area (Å²) in [5, 5.41) is 7.74. The summed E-state index contributed by atoms with van der Waals surface area (Å²) in [7, 11) is 0. The van der Waals surface area contributed by atoms with Crippen molar-refractivity contribution in [3.63, 3.8) is 0 Å². The van der Waals surface area contributed by atoms with E-state index in [1.54, 1.807) is 27.7 Å². The highest BCUT2D eigenvalue weighted by Crippen LogP contribution is 2.08. The number of Topliss-reactive ketones (excluding diaryl/α,β-unsaturated/α-hetero) is 1. The summed E-state index contributed by atoms with van der Waals surface area (Å²) in [6, 6.07) is -0.921. The van der Waals surface area contributed by atoms with Crippen molar-refractivity contribution in [3.05, 3.63) is 11.8 Å². The Balaban J connectivity index is 4.70. The second-order valence-corrected chi connectivity index (χ2v) is 7.56. The third kappa shape index (κ3) is 11.9. The summed E-state index contributed by atoms with van der Waals surface area (Å²) in [6.45, 7) is 12.4. The predicted molar refractivity (Wildman–Crippen MR) is 105 cm³/mol. The van der Waals surface area contributed by atoms with Crippen molar-refractivity contribution in [2.45, 2.75) is 66.5 Å². The number of ketones is 1. The van der Waals surface area contributed by atoms with Gasteiger partial charge in [-0.3, -0.25) is 9.59 Å². The molecule has 0 aromatic heterocycles. The summed E-state index contributed by atoms with van der Waals surface area (Å²) in [6.07, 6.45) is 0.389. The molecule has 9 nitrogen and oxygen atoms in total. The lowest BCUT2D eigenvalue weighted by Gasteiger charge is -2.26. The second-order valence-electron chi connectivity index (χ2n) is 7.56. The smallest absolute Gasteiger partial charge is 0.407 e. The number of esters is 1. The lowest BCUT2D eigenvalue weighted by molar-refractivity contribution is -0.142. The molecule has 9 heteroatoms. The summed E-state index contributed by atoms with van der Waals surface area (Å²) >= 11 is 0. The van der Waals surface area contributed by atoms with Crippen LogP contribution in [0, 0.1) is 5.92 Å². The monoisotopic (exact) mass is 399 g/mol. The van der Waals surface area contributed by atoms with Gasteiger partial charge in [0, 0.05) is 18.3 Å². The normalized spacial score (nSPS) is 12.8. The highest BCUT2D eigenvalue weighted by molar-refractivity contribution is 5.97. The van der Waals surface area contributed by atoms with Crippen LogP contribution in [-0.4, -0.2) is 48.7 Å². The number of amides is 3. The number of carbonyl (C=O) groups excluding carboxylic acids is 4. The van der Waals surface area contributed by atoms with Gasteiger partial charge in [-0.15, -0.1) is 0 Å². The van der Waals surface area contributed by atoms with Gasteiger partial charge < -0.3 is 25.4 Å². The van der Waals surface area contributed by atoms with Crippen LogP contribution in [0.1, 0.15) is 54.9 Å². The Morgan fingerprint density at radius 3 is 2.18 bits per heavy atom. The Labute approximate surface area is 166 Å². The van der Waals surface area contributed by atoms with E-state index in [0.717, 1.165) is 0 Å². The van der Waals surface area contributed by atoms with Gasteiger partial charge in [0.15, 0.2) is 5.78 Å². The fourth-order valence-electron chi connectivity index (χ4n) is 1.96. The molecule has 0 aromatic rings. The number of rotatable bonds is 9. The third-order valence-electron chi connectivity index (χ3n) is 3.46. The Morgan fingerprint density at radius 2 is 1.71 bits per heavy atom. The molecule has 0 aliphatic heterocycles. The molecular formula is C19H33N3O6. The molecule has 0 radical (unpaired) electrons. The first kappa shape index (κ1) is 25.4. The van der Waals surface area contributed by atoms with Crippen molar-refractivity contribution in [2.75, 3.05) is 13.2 Å². The summed E-state index contributed by atoms with van der Waals surface area (Å²) < 4.78 is 10.0. The van der Waals surface area contributed by atoms with E-state index in [9.17, 15) is 19.2 Å². The van der Waals surface area contributed by atoms with Gasteiger partial charge in [0.2, 0.25) is 0 Å². The van der Waals surface area contributed by atoms with Crippen molar-refractivity contribution in [3.8, 4) is 0 Å². The largest absolute Gasteiger partial charge is 0.466 e. The Hall–Kier alpha value is -2.58. The molecule has 160 valence electrons. The molecule has 0 saturated carbocycles. The van der Waals surface area contributed by atoms with Crippen molar-refractivity contribution in [2.24, 2.45) is 5.92 Å². The molecule has 0 unspecified atom stereocenters. The maximum absolute atomic E-state index is 12.0. The van der Waals surface area contributed by atoms with E-state index in [1.807, 2.05) is 13.8 Å². The van der Waals surface area contributed by atoms with Gasteiger partial charge in [-0.05, 0) is 40.5 Å². The molecule has 0 bridgehead atoms. The quantitative estimate of drug-likeness (QED) is 0.404. The van der Waals surface area contributed by atoms with Crippen LogP contribution in [-0.2, 0) is 19.1 Å². The van der Waals surface area contributed by atoms with Crippen LogP contribution in [0.5, 0.6) is 0 Å². The minimum atomic E-state index is -0.622. The first-order valence-electron chi connectivity index (χ1n) is 9.25. The van der Waals surface area contributed by atoms with E-state index in [4.69, 9.17) is 9.47 Å². The SMILES string of the molecule is CCOC(=O)CC(=CNC(=O)NC[C@@H](NC(=O)OC(C)(C)C)C(C)C)C(C)=O. The molecule has 28 heavy (non-hydrogen) atoms. The fraction of sp³-hybridized carbons (Fsp3) is 0.684. The number of hydrogen-bond donors (Lipinski definition) is 3. The molecule has 0 saturated heterocycles. The number of urea groups is 1. The van der Waals surface area contributed by atoms with E-state index in [0.29, 0.717) is 0 Å². The van der Waals surface area contributed by atoms with Crippen LogP contribution in [0.15, 0.2) is 11.8 Å². The standard InChI is InChI=1S/C19H33N3O6/c1-8-27-16(24)9-14(13(4)23)10-20-17(25)21-11-15(12(2)3)22-18(26)28-19(5,6)7/h10,12,15H,8-9,11H2,1-7H3,(H,22,26)(H2,20,21,25)/t15-/m1/s1. The summed E-state index contributed by atoms with van der Waals surface area (Å²) in [5.41, 5.74) is -0.496. The van der Waals surface area contributed by atoms with Crippen molar-refractivity contribution < 1.29 is 28.7 Å². The average Bonchev–Trinajstić information content (AvgIpc) is 2.53. The lowest BCUT2D eigenvalue weighted by atomic mass is 10.0.